The van der Waals surface area contributed by atoms with Crippen LogP contribution in [0.1, 0.15) is 36.5 Å². The minimum Gasteiger partial charge on any atom is -0.337 e. The number of rotatable bonds is 4. The van der Waals surface area contributed by atoms with E-state index in [-0.39, 0.29) is 23.5 Å². The number of benzene rings is 2. The molecule has 0 aromatic heterocycles. The van der Waals surface area contributed by atoms with Gasteiger partial charge in [0.05, 0.1) is 17.1 Å². The van der Waals surface area contributed by atoms with Crippen LogP contribution in [0.2, 0.25) is 0 Å². The summed E-state index contributed by atoms with van der Waals surface area (Å²) in [6, 6.07) is 15.2. The van der Waals surface area contributed by atoms with Crippen molar-refractivity contribution in [2.45, 2.75) is 43.0 Å². The summed E-state index contributed by atoms with van der Waals surface area (Å²) in [4.78, 5) is 15.1. The van der Waals surface area contributed by atoms with E-state index in [2.05, 4.69) is 18.2 Å². The molecule has 4 rings (SSSR count). The Bertz CT molecular complexity index is 961. The molecule has 5 heteroatoms. The molecule has 1 spiro atoms. The zero-order valence-electron chi connectivity index (χ0n) is 14.9. The number of carbonyl (C=O) groups excluding carboxylic acids is 1. The fourth-order valence-electron chi connectivity index (χ4n) is 3.94. The first-order valence-corrected chi connectivity index (χ1v) is 10.8. The Labute approximate surface area is 154 Å². The predicted molar refractivity (Wildman–Crippen MR) is 101 cm³/mol. The number of hydrogen-bond acceptors (Lipinski definition) is 3. The molecule has 136 valence electrons. The van der Waals surface area contributed by atoms with Gasteiger partial charge in [-0.25, -0.2) is 8.42 Å². The molecule has 1 fully saturated rings. The van der Waals surface area contributed by atoms with E-state index in [0.717, 1.165) is 24.9 Å². The molecule has 0 unspecified atom stereocenters. The third-order valence-electron chi connectivity index (χ3n) is 5.64. The average molecular weight is 369 g/mol. The fraction of sp³-hybridized carbons (Fsp3) is 0.381. The van der Waals surface area contributed by atoms with Crippen molar-refractivity contribution < 1.29 is 13.2 Å². The number of hydrogen-bond donors (Lipinski definition) is 0. The van der Waals surface area contributed by atoms with Crippen molar-refractivity contribution in [3.63, 3.8) is 0 Å². The topological polar surface area (TPSA) is 54.5 Å². The van der Waals surface area contributed by atoms with Crippen LogP contribution in [0.25, 0.3) is 0 Å². The van der Waals surface area contributed by atoms with Crippen molar-refractivity contribution in [3.8, 4) is 0 Å². The lowest BCUT2D eigenvalue weighted by Gasteiger charge is -2.35. The largest absolute Gasteiger partial charge is 0.337 e. The van der Waals surface area contributed by atoms with E-state index in [4.69, 9.17) is 0 Å². The van der Waals surface area contributed by atoms with Gasteiger partial charge in [0, 0.05) is 18.5 Å². The fourth-order valence-corrected chi connectivity index (χ4v) is 4.89. The summed E-state index contributed by atoms with van der Waals surface area (Å²) < 4.78 is 24.2. The van der Waals surface area contributed by atoms with Gasteiger partial charge in [-0.3, -0.25) is 4.79 Å². The molecule has 1 aliphatic carbocycles. The minimum absolute atomic E-state index is 0.0653. The SMILES string of the molecule is CCS(=O)(=O)c1cccc(CC(=O)N2Cc3ccccc3C3(CC3)C2)c1. The molecule has 2 aliphatic rings. The van der Waals surface area contributed by atoms with Crippen molar-refractivity contribution in [1.82, 2.24) is 4.90 Å². The van der Waals surface area contributed by atoms with Gasteiger partial charge >= 0.3 is 0 Å². The Morgan fingerprint density at radius 3 is 2.62 bits per heavy atom. The first-order chi connectivity index (χ1) is 12.4. The molecule has 0 N–H and O–H groups in total. The summed E-state index contributed by atoms with van der Waals surface area (Å²) in [6.07, 6.45) is 2.52. The Morgan fingerprint density at radius 2 is 1.88 bits per heavy atom. The van der Waals surface area contributed by atoms with Crippen LogP contribution in [0.5, 0.6) is 0 Å². The van der Waals surface area contributed by atoms with Crippen LogP contribution in [-0.4, -0.2) is 31.5 Å². The first-order valence-electron chi connectivity index (χ1n) is 9.11. The maximum atomic E-state index is 12.9. The summed E-state index contributed by atoms with van der Waals surface area (Å²) in [7, 11) is -3.25. The lowest BCUT2D eigenvalue weighted by molar-refractivity contribution is -0.132. The van der Waals surface area contributed by atoms with Crippen LogP contribution in [0.3, 0.4) is 0 Å². The molecule has 0 bridgehead atoms. The van der Waals surface area contributed by atoms with Crippen molar-refractivity contribution in [2.24, 2.45) is 0 Å². The molecule has 1 amide bonds. The Hall–Kier alpha value is -2.14. The summed E-state index contributed by atoms with van der Waals surface area (Å²) in [5.74, 6) is 0.132. The van der Waals surface area contributed by atoms with Crippen molar-refractivity contribution in [1.29, 1.82) is 0 Å². The Kier molecular flexibility index (Phi) is 4.14. The molecule has 2 aromatic rings. The normalized spacial score (nSPS) is 17.8. The molecule has 26 heavy (non-hydrogen) atoms. The highest BCUT2D eigenvalue weighted by Gasteiger charge is 2.49. The number of nitrogens with zero attached hydrogens (tertiary/aromatic N) is 1. The molecule has 1 heterocycles. The third kappa shape index (κ3) is 3.05. The minimum atomic E-state index is -3.25. The second kappa shape index (κ2) is 6.23. The van der Waals surface area contributed by atoms with Gasteiger partial charge in [-0.2, -0.15) is 0 Å². The van der Waals surface area contributed by atoms with E-state index in [1.165, 1.54) is 11.1 Å². The highest BCUT2D eigenvalue weighted by molar-refractivity contribution is 7.91. The smallest absolute Gasteiger partial charge is 0.227 e. The van der Waals surface area contributed by atoms with Gasteiger partial charge in [-0.15, -0.1) is 0 Å². The molecule has 0 radical (unpaired) electrons. The molecular weight excluding hydrogens is 346 g/mol. The van der Waals surface area contributed by atoms with Crippen LogP contribution < -0.4 is 0 Å². The summed E-state index contributed by atoms with van der Waals surface area (Å²) in [5, 5.41) is 0. The zero-order valence-corrected chi connectivity index (χ0v) is 15.8. The van der Waals surface area contributed by atoms with E-state index in [0.29, 0.717) is 11.4 Å². The summed E-state index contributed by atoms with van der Waals surface area (Å²) in [6.45, 7) is 3.05. The monoisotopic (exact) mass is 369 g/mol. The maximum Gasteiger partial charge on any atom is 0.227 e. The standard InChI is InChI=1S/C21H23NO3S/c1-2-26(24,25)18-8-5-6-16(12-18)13-20(23)22-14-17-7-3-4-9-19(17)21(15-22)10-11-21/h3-9,12H,2,10-11,13-15H2,1H3. The lowest BCUT2D eigenvalue weighted by Crippen LogP contribution is -2.42. The number of carbonyl (C=O) groups is 1. The van der Waals surface area contributed by atoms with Crippen molar-refractivity contribution >= 4 is 15.7 Å². The molecule has 4 nitrogen and oxygen atoms in total. The van der Waals surface area contributed by atoms with E-state index in [1.807, 2.05) is 17.0 Å². The molecular formula is C21H23NO3S. The number of amides is 1. The summed E-state index contributed by atoms with van der Waals surface area (Å²) >= 11 is 0. The van der Waals surface area contributed by atoms with Crippen LogP contribution in [0.15, 0.2) is 53.4 Å². The first kappa shape index (κ1) is 17.3. The van der Waals surface area contributed by atoms with Crippen LogP contribution >= 0.6 is 0 Å². The molecule has 0 saturated heterocycles. The average Bonchev–Trinajstić information content (AvgIpc) is 3.42. The van der Waals surface area contributed by atoms with Gasteiger partial charge in [0.2, 0.25) is 5.91 Å². The van der Waals surface area contributed by atoms with E-state index < -0.39 is 9.84 Å². The van der Waals surface area contributed by atoms with Crippen LogP contribution in [0.4, 0.5) is 0 Å². The van der Waals surface area contributed by atoms with Gasteiger partial charge in [0.15, 0.2) is 9.84 Å². The number of fused-ring (bicyclic) bond motifs is 2. The second-order valence-corrected chi connectivity index (χ2v) is 9.69. The van der Waals surface area contributed by atoms with Crippen LogP contribution in [-0.2, 0) is 33.0 Å². The highest BCUT2D eigenvalue weighted by atomic mass is 32.2. The second-order valence-electron chi connectivity index (χ2n) is 7.41. The maximum absolute atomic E-state index is 12.9. The Balaban J connectivity index is 1.54. The van der Waals surface area contributed by atoms with Gasteiger partial charge in [0.1, 0.15) is 0 Å². The summed E-state index contributed by atoms with van der Waals surface area (Å²) in [5.41, 5.74) is 3.55. The van der Waals surface area contributed by atoms with Gasteiger partial charge < -0.3 is 4.90 Å². The molecule has 0 atom stereocenters. The Morgan fingerprint density at radius 1 is 1.12 bits per heavy atom. The van der Waals surface area contributed by atoms with E-state index >= 15 is 0 Å². The van der Waals surface area contributed by atoms with E-state index in [9.17, 15) is 13.2 Å². The third-order valence-corrected chi connectivity index (χ3v) is 7.37. The molecule has 1 saturated carbocycles. The molecule has 2 aromatic carbocycles. The van der Waals surface area contributed by atoms with Gasteiger partial charge in [-0.05, 0) is 41.7 Å². The quantitative estimate of drug-likeness (QED) is 0.832. The predicted octanol–water partition coefficient (Wildman–Crippen LogP) is 3.10. The molecule has 1 aliphatic heterocycles. The zero-order chi connectivity index (χ0) is 18.4. The van der Waals surface area contributed by atoms with Crippen molar-refractivity contribution in [3.05, 3.63) is 65.2 Å². The number of sulfone groups is 1. The highest BCUT2D eigenvalue weighted by Crippen LogP contribution is 2.52. The lowest BCUT2D eigenvalue weighted by atomic mass is 9.87. The van der Waals surface area contributed by atoms with Crippen molar-refractivity contribution in [2.75, 3.05) is 12.3 Å². The van der Waals surface area contributed by atoms with E-state index in [1.54, 1.807) is 25.1 Å². The van der Waals surface area contributed by atoms with Crippen LogP contribution in [0, 0.1) is 0 Å². The van der Waals surface area contributed by atoms with Gasteiger partial charge in [0.25, 0.3) is 0 Å². The van der Waals surface area contributed by atoms with Gasteiger partial charge in [-0.1, -0.05) is 43.3 Å².